The van der Waals surface area contributed by atoms with Gasteiger partial charge in [0.2, 0.25) is 0 Å². The van der Waals surface area contributed by atoms with Crippen molar-refractivity contribution in [1.82, 2.24) is 4.90 Å². The van der Waals surface area contributed by atoms with Gasteiger partial charge in [-0.3, -0.25) is 0 Å². The lowest BCUT2D eigenvalue weighted by Crippen LogP contribution is -2.37. The molecule has 0 amide bonds. The zero-order valence-electron chi connectivity index (χ0n) is 10.4. The van der Waals surface area contributed by atoms with E-state index in [0.29, 0.717) is 0 Å². The molecule has 0 bridgehead atoms. The van der Waals surface area contributed by atoms with E-state index in [-0.39, 0.29) is 0 Å². The van der Waals surface area contributed by atoms with E-state index in [0.717, 1.165) is 6.54 Å². The van der Waals surface area contributed by atoms with Gasteiger partial charge in [0, 0.05) is 25.3 Å². The summed E-state index contributed by atoms with van der Waals surface area (Å²) in [6, 6.07) is 8.91. The number of anilines is 1. The molecule has 0 unspecified atom stereocenters. The predicted octanol–water partition coefficient (Wildman–Crippen LogP) is 2.53. The number of rotatable bonds is 1. The van der Waals surface area contributed by atoms with Gasteiger partial charge in [-0.25, -0.2) is 0 Å². The van der Waals surface area contributed by atoms with Gasteiger partial charge in [-0.1, -0.05) is 17.7 Å². The molecule has 1 heterocycles. The van der Waals surface area contributed by atoms with Crippen LogP contribution in [-0.2, 0) is 0 Å². The molecule has 1 aromatic carbocycles. The molecular formula is C14H22N2. The third-order valence-electron chi connectivity index (χ3n) is 3.37. The molecule has 2 nitrogen and oxygen atoms in total. The molecule has 0 aromatic heterocycles. The fourth-order valence-corrected chi connectivity index (χ4v) is 2.21. The minimum atomic E-state index is 1.15. The van der Waals surface area contributed by atoms with Gasteiger partial charge in [-0.05, 0) is 45.5 Å². The fraction of sp³-hybridized carbons (Fsp3) is 0.571. The Morgan fingerprint density at radius 1 is 0.875 bits per heavy atom. The number of hydrogen-bond donors (Lipinski definition) is 0. The summed E-state index contributed by atoms with van der Waals surface area (Å²) in [5.74, 6) is 0. The predicted molar refractivity (Wildman–Crippen MR) is 70.1 cm³/mol. The third kappa shape index (κ3) is 2.99. The van der Waals surface area contributed by atoms with E-state index in [1.54, 1.807) is 0 Å². The molecule has 1 aliphatic rings. The molecule has 1 aliphatic heterocycles. The molecular weight excluding hydrogens is 196 g/mol. The fourth-order valence-electron chi connectivity index (χ4n) is 2.21. The molecule has 88 valence electrons. The average molecular weight is 218 g/mol. The van der Waals surface area contributed by atoms with Crippen LogP contribution in [-0.4, -0.2) is 38.1 Å². The van der Waals surface area contributed by atoms with Gasteiger partial charge in [0.15, 0.2) is 0 Å². The van der Waals surface area contributed by atoms with Crippen LogP contribution in [0.2, 0.25) is 0 Å². The Morgan fingerprint density at radius 2 is 1.56 bits per heavy atom. The Bertz CT molecular complexity index is 318. The van der Waals surface area contributed by atoms with Crippen LogP contribution in [0.3, 0.4) is 0 Å². The third-order valence-corrected chi connectivity index (χ3v) is 3.37. The Balaban J connectivity index is 2.04. The highest BCUT2D eigenvalue weighted by molar-refractivity contribution is 5.47. The summed E-state index contributed by atoms with van der Waals surface area (Å²) in [6.45, 7) is 6.93. The van der Waals surface area contributed by atoms with E-state index < -0.39 is 0 Å². The molecule has 2 rings (SSSR count). The summed E-state index contributed by atoms with van der Waals surface area (Å²) in [5.41, 5.74) is 2.72. The number of aryl methyl sites for hydroxylation is 1. The lowest BCUT2D eigenvalue weighted by atomic mass is 10.2. The molecule has 16 heavy (non-hydrogen) atoms. The largest absolute Gasteiger partial charge is 0.370 e. The van der Waals surface area contributed by atoms with Crippen molar-refractivity contribution in [2.45, 2.75) is 19.8 Å². The Kier molecular flexibility index (Phi) is 3.83. The van der Waals surface area contributed by atoms with Crippen molar-refractivity contribution in [2.24, 2.45) is 0 Å². The van der Waals surface area contributed by atoms with Crippen LogP contribution >= 0.6 is 0 Å². The second-order valence-corrected chi connectivity index (χ2v) is 4.83. The zero-order chi connectivity index (χ0) is 11.4. The van der Waals surface area contributed by atoms with Crippen molar-refractivity contribution in [3.63, 3.8) is 0 Å². The van der Waals surface area contributed by atoms with E-state index in [4.69, 9.17) is 0 Å². The van der Waals surface area contributed by atoms with E-state index >= 15 is 0 Å². The van der Waals surface area contributed by atoms with Crippen LogP contribution in [0.5, 0.6) is 0 Å². The summed E-state index contributed by atoms with van der Waals surface area (Å²) < 4.78 is 0. The molecule has 1 fully saturated rings. The van der Waals surface area contributed by atoms with Gasteiger partial charge in [0.25, 0.3) is 0 Å². The second kappa shape index (κ2) is 5.35. The van der Waals surface area contributed by atoms with Crippen molar-refractivity contribution in [1.29, 1.82) is 0 Å². The first-order valence-corrected chi connectivity index (χ1v) is 6.26. The topological polar surface area (TPSA) is 6.48 Å². The van der Waals surface area contributed by atoms with Gasteiger partial charge in [-0.15, -0.1) is 0 Å². The first kappa shape index (κ1) is 11.5. The maximum atomic E-state index is 2.51. The van der Waals surface area contributed by atoms with Crippen molar-refractivity contribution in [3.05, 3.63) is 29.8 Å². The van der Waals surface area contributed by atoms with E-state index in [2.05, 4.69) is 48.0 Å². The zero-order valence-corrected chi connectivity index (χ0v) is 10.4. The highest BCUT2D eigenvalue weighted by Gasteiger charge is 2.10. The van der Waals surface area contributed by atoms with Gasteiger partial charge < -0.3 is 9.80 Å². The standard InChI is InChI=1S/C14H22N2/c1-13-5-7-14(8-6-13)16-10-4-3-9-15(2)11-12-16/h5-8H,3-4,9-12H2,1-2H3. The van der Waals surface area contributed by atoms with Crippen LogP contribution in [0.4, 0.5) is 5.69 Å². The molecule has 0 atom stereocenters. The van der Waals surface area contributed by atoms with Crippen LogP contribution in [0.15, 0.2) is 24.3 Å². The maximum Gasteiger partial charge on any atom is 0.0366 e. The summed E-state index contributed by atoms with van der Waals surface area (Å²) in [5, 5.41) is 0. The van der Waals surface area contributed by atoms with Gasteiger partial charge in [-0.2, -0.15) is 0 Å². The molecule has 2 heteroatoms. The molecule has 1 aromatic rings. The molecule has 1 saturated heterocycles. The van der Waals surface area contributed by atoms with Crippen molar-refractivity contribution < 1.29 is 0 Å². The number of benzene rings is 1. The summed E-state index contributed by atoms with van der Waals surface area (Å²) in [7, 11) is 2.22. The lowest BCUT2D eigenvalue weighted by molar-refractivity contribution is 0.318. The van der Waals surface area contributed by atoms with Crippen molar-refractivity contribution >= 4 is 5.69 Å². The van der Waals surface area contributed by atoms with Gasteiger partial charge in [0.1, 0.15) is 0 Å². The molecule has 0 saturated carbocycles. The second-order valence-electron chi connectivity index (χ2n) is 4.83. The normalized spacial score (nSPS) is 19.2. The molecule has 0 N–H and O–H groups in total. The van der Waals surface area contributed by atoms with Gasteiger partial charge in [0.05, 0.1) is 0 Å². The summed E-state index contributed by atoms with van der Waals surface area (Å²) in [4.78, 5) is 4.94. The monoisotopic (exact) mass is 218 g/mol. The first-order valence-electron chi connectivity index (χ1n) is 6.26. The van der Waals surface area contributed by atoms with E-state index in [1.165, 1.54) is 43.7 Å². The minimum absolute atomic E-state index is 1.15. The highest BCUT2D eigenvalue weighted by Crippen LogP contribution is 2.16. The van der Waals surface area contributed by atoms with Crippen LogP contribution in [0, 0.1) is 6.92 Å². The Labute approximate surface area is 98.9 Å². The summed E-state index contributed by atoms with van der Waals surface area (Å²) >= 11 is 0. The molecule has 0 spiro atoms. The maximum absolute atomic E-state index is 2.51. The average Bonchev–Trinajstić information content (AvgIpc) is 2.26. The summed E-state index contributed by atoms with van der Waals surface area (Å²) in [6.07, 6.45) is 2.62. The SMILES string of the molecule is Cc1ccc(N2CCCCN(C)CC2)cc1. The minimum Gasteiger partial charge on any atom is -0.370 e. The van der Waals surface area contributed by atoms with Crippen LogP contribution in [0.1, 0.15) is 18.4 Å². The first-order chi connectivity index (χ1) is 7.75. The van der Waals surface area contributed by atoms with Crippen LogP contribution < -0.4 is 4.90 Å². The smallest absolute Gasteiger partial charge is 0.0366 e. The number of nitrogens with zero attached hydrogens (tertiary/aromatic N) is 2. The van der Waals surface area contributed by atoms with Crippen molar-refractivity contribution in [3.8, 4) is 0 Å². The molecule has 0 aliphatic carbocycles. The lowest BCUT2D eigenvalue weighted by Gasteiger charge is -2.30. The van der Waals surface area contributed by atoms with Crippen molar-refractivity contribution in [2.75, 3.05) is 38.1 Å². The highest BCUT2D eigenvalue weighted by atomic mass is 15.2. The van der Waals surface area contributed by atoms with Gasteiger partial charge >= 0.3 is 0 Å². The number of hydrogen-bond acceptors (Lipinski definition) is 2. The van der Waals surface area contributed by atoms with E-state index in [9.17, 15) is 0 Å². The van der Waals surface area contributed by atoms with Crippen LogP contribution in [0.25, 0.3) is 0 Å². The van der Waals surface area contributed by atoms with E-state index in [1.807, 2.05) is 0 Å². The number of likely N-dealkylation sites (N-methyl/N-ethyl adjacent to an activating group) is 1. The quantitative estimate of drug-likeness (QED) is 0.714. The Hall–Kier alpha value is -1.02. The molecule has 0 radical (unpaired) electrons. The Morgan fingerprint density at radius 3 is 2.31 bits per heavy atom.